The molecule has 0 unspecified atom stereocenters. The highest BCUT2D eigenvalue weighted by molar-refractivity contribution is 6.06. The molecular weight excluding hydrogens is 238 g/mol. The SMILES string of the molecule is Cc1c(N)cccc1C(=O)Nc1cccc(C#N)c1. The van der Waals surface area contributed by atoms with Crippen LogP contribution in [-0.4, -0.2) is 5.91 Å². The second kappa shape index (κ2) is 5.23. The van der Waals surface area contributed by atoms with Crippen molar-refractivity contribution in [3.05, 3.63) is 59.2 Å². The van der Waals surface area contributed by atoms with Gasteiger partial charge in [0.2, 0.25) is 0 Å². The summed E-state index contributed by atoms with van der Waals surface area (Å²) in [6.07, 6.45) is 0. The normalized spacial score (nSPS) is 9.68. The molecule has 19 heavy (non-hydrogen) atoms. The lowest BCUT2D eigenvalue weighted by Crippen LogP contribution is -2.14. The zero-order chi connectivity index (χ0) is 13.8. The van der Waals surface area contributed by atoms with Crippen molar-refractivity contribution in [2.45, 2.75) is 6.92 Å². The zero-order valence-electron chi connectivity index (χ0n) is 10.5. The molecule has 4 nitrogen and oxygen atoms in total. The van der Waals surface area contributed by atoms with E-state index in [9.17, 15) is 4.79 Å². The van der Waals surface area contributed by atoms with Gasteiger partial charge in [-0.1, -0.05) is 12.1 Å². The van der Waals surface area contributed by atoms with E-state index in [0.717, 1.165) is 5.56 Å². The predicted molar refractivity (Wildman–Crippen MR) is 74.7 cm³/mol. The number of benzene rings is 2. The Bertz CT molecular complexity index is 671. The van der Waals surface area contributed by atoms with Crippen molar-refractivity contribution in [1.29, 1.82) is 5.26 Å². The van der Waals surface area contributed by atoms with Crippen LogP contribution >= 0.6 is 0 Å². The summed E-state index contributed by atoms with van der Waals surface area (Å²) in [5, 5.41) is 11.6. The first-order valence-corrected chi connectivity index (χ1v) is 5.78. The summed E-state index contributed by atoms with van der Waals surface area (Å²) >= 11 is 0. The average Bonchev–Trinajstić information content (AvgIpc) is 2.42. The molecule has 2 aromatic carbocycles. The summed E-state index contributed by atoms with van der Waals surface area (Å²) in [5.41, 5.74) is 8.72. The second-order valence-electron chi connectivity index (χ2n) is 4.17. The molecule has 0 spiro atoms. The van der Waals surface area contributed by atoms with Gasteiger partial charge in [-0.05, 0) is 42.8 Å². The van der Waals surface area contributed by atoms with E-state index in [1.54, 1.807) is 49.4 Å². The van der Waals surface area contributed by atoms with E-state index < -0.39 is 0 Å². The molecule has 0 aliphatic carbocycles. The van der Waals surface area contributed by atoms with Gasteiger partial charge < -0.3 is 11.1 Å². The second-order valence-corrected chi connectivity index (χ2v) is 4.17. The number of anilines is 2. The summed E-state index contributed by atoms with van der Waals surface area (Å²) in [6.45, 7) is 1.80. The zero-order valence-corrected chi connectivity index (χ0v) is 10.5. The number of nitriles is 1. The number of carbonyl (C=O) groups excluding carboxylic acids is 1. The van der Waals surface area contributed by atoms with Crippen LogP contribution in [-0.2, 0) is 0 Å². The van der Waals surface area contributed by atoms with Gasteiger partial charge in [-0.2, -0.15) is 5.26 Å². The third-order valence-corrected chi connectivity index (χ3v) is 2.87. The molecule has 0 aromatic heterocycles. The van der Waals surface area contributed by atoms with Crippen molar-refractivity contribution in [2.75, 3.05) is 11.1 Å². The molecule has 0 aliphatic heterocycles. The minimum atomic E-state index is -0.236. The van der Waals surface area contributed by atoms with Crippen LogP contribution in [0.2, 0.25) is 0 Å². The molecule has 1 amide bonds. The molecule has 94 valence electrons. The first-order valence-electron chi connectivity index (χ1n) is 5.78. The van der Waals surface area contributed by atoms with Gasteiger partial charge in [-0.15, -0.1) is 0 Å². The highest BCUT2D eigenvalue weighted by atomic mass is 16.1. The lowest BCUT2D eigenvalue weighted by molar-refractivity contribution is 0.102. The van der Waals surface area contributed by atoms with Crippen molar-refractivity contribution in [3.63, 3.8) is 0 Å². The summed E-state index contributed by atoms with van der Waals surface area (Å²) in [7, 11) is 0. The molecule has 0 radical (unpaired) electrons. The Morgan fingerprint density at radius 1 is 1.26 bits per heavy atom. The standard InChI is InChI=1S/C15H13N3O/c1-10-13(6-3-7-14(10)17)15(19)18-12-5-2-4-11(8-12)9-16/h2-8H,17H2,1H3,(H,18,19). The summed E-state index contributed by atoms with van der Waals surface area (Å²) in [5.74, 6) is -0.236. The first kappa shape index (κ1) is 12.7. The predicted octanol–water partition coefficient (Wildman–Crippen LogP) is 2.70. The molecule has 0 saturated heterocycles. The Balaban J connectivity index is 2.26. The van der Waals surface area contributed by atoms with Gasteiger partial charge in [-0.3, -0.25) is 4.79 Å². The van der Waals surface area contributed by atoms with Crippen LogP contribution in [0, 0.1) is 18.3 Å². The number of nitrogen functional groups attached to an aromatic ring is 1. The Labute approximate surface area is 111 Å². The van der Waals surface area contributed by atoms with E-state index in [1.807, 2.05) is 6.07 Å². The van der Waals surface area contributed by atoms with Crippen LogP contribution in [0.1, 0.15) is 21.5 Å². The lowest BCUT2D eigenvalue weighted by Gasteiger charge is -2.09. The average molecular weight is 251 g/mol. The van der Waals surface area contributed by atoms with Crippen LogP contribution in [0.15, 0.2) is 42.5 Å². The third-order valence-electron chi connectivity index (χ3n) is 2.87. The van der Waals surface area contributed by atoms with Crippen molar-refractivity contribution in [1.82, 2.24) is 0 Å². The third kappa shape index (κ3) is 2.72. The summed E-state index contributed by atoms with van der Waals surface area (Å²) in [4.78, 5) is 12.1. The van der Waals surface area contributed by atoms with Crippen LogP contribution < -0.4 is 11.1 Å². The minimum Gasteiger partial charge on any atom is -0.398 e. The van der Waals surface area contributed by atoms with E-state index in [4.69, 9.17) is 11.0 Å². The van der Waals surface area contributed by atoms with Crippen LogP contribution in [0.3, 0.4) is 0 Å². The molecular formula is C15H13N3O. The Morgan fingerprint density at radius 2 is 2.00 bits per heavy atom. The fraction of sp³-hybridized carbons (Fsp3) is 0.0667. The van der Waals surface area contributed by atoms with E-state index >= 15 is 0 Å². The Morgan fingerprint density at radius 3 is 2.74 bits per heavy atom. The molecule has 2 rings (SSSR count). The van der Waals surface area contributed by atoms with Crippen molar-refractivity contribution < 1.29 is 4.79 Å². The van der Waals surface area contributed by atoms with Crippen LogP contribution in [0.5, 0.6) is 0 Å². The molecule has 0 bridgehead atoms. The van der Waals surface area contributed by atoms with Gasteiger partial charge in [0.15, 0.2) is 0 Å². The van der Waals surface area contributed by atoms with Crippen molar-refractivity contribution in [2.24, 2.45) is 0 Å². The molecule has 0 saturated carbocycles. The van der Waals surface area contributed by atoms with E-state index in [0.29, 0.717) is 22.5 Å². The summed E-state index contributed by atoms with van der Waals surface area (Å²) < 4.78 is 0. The molecule has 3 N–H and O–H groups in total. The smallest absolute Gasteiger partial charge is 0.256 e. The molecule has 0 heterocycles. The largest absolute Gasteiger partial charge is 0.398 e. The van der Waals surface area contributed by atoms with Gasteiger partial charge in [0.1, 0.15) is 0 Å². The number of amides is 1. The molecule has 0 atom stereocenters. The van der Waals surface area contributed by atoms with Gasteiger partial charge in [-0.25, -0.2) is 0 Å². The quantitative estimate of drug-likeness (QED) is 0.805. The maximum absolute atomic E-state index is 12.1. The molecule has 0 fully saturated rings. The Kier molecular flexibility index (Phi) is 3.48. The van der Waals surface area contributed by atoms with E-state index in [-0.39, 0.29) is 5.91 Å². The van der Waals surface area contributed by atoms with Gasteiger partial charge >= 0.3 is 0 Å². The molecule has 2 aromatic rings. The van der Waals surface area contributed by atoms with Crippen molar-refractivity contribution >= 4 is 17.3 Å². The number of hydrogen-bond acceptors (Lipinski definition) is 3. The number of nitrogens with one attached hydrogen (secondary N) is 1. The highest BCUT2D eigenvalue weighted by Crippen LogP contribution is 2.18. The maximum Gasteiger partial charge on any atom is 0.256 e. The van der Waals surface area contributed by atoms with Gasteiger partial charge in [0.05, 0.1) is 11.6 Å². The van der Waals surface area contributed by atoms with Crippen molar-refractivity contribution in [3.8, 4) is 6.07 Å². The molecule has 0 aliphatic rings. The number of hydrogen-bond donors (Lipinski definition) is 2. The fourth-order valence-electron chi connectivity index (χ4n) is 1.76. The van der Waals surface area contributed by atoms with Crippen LogP contribution in [0.4, 0.5) is 11.4 Å². The topological polar surface area (TPSA) is 78.9 Å². The number of rotatable bonds is 2. The van der Waals surface area contributed by atoms with Gasteiger partial charge in [0.25, 0.3) is 5.91 Å². The number of carbonyl (C=O) groups is 1. The monoisotopic (exact) mass is 251 g/mol. The van der Waals surface area contributed by atoms with E-state index in [2.05, 4.69) is 5.32 Å². The van der Waals surface area contributed by atoms with Gasteiger partial charge in [0, 0.05) is 16.9 Å². The number of nitrogens with zero attached hydrogens (tertiary/aromatic N) is 1. The number of nitrogens with two attached hydrogens (primary N) is 1. The molecule has 4 heteroatoms. The Hall–Kier alpha value is -2.80. The minimum absolute atomic E-state index is 0.236. The lowest BCUT2D eigenvalue weighted by atomic mass is 10.1. The maximum atomic E-state index is 12.1. The van der Waals surface area contributed by atoms with Crippen LogP contribution in [0.25, 0.3) is 0 Å². The fourth-order valence-corrected chi connectivity index (χ4v) is 1.76. The first-order chi connectivity index (χ1) is 9.11. The van der Waals surface area contributed by atoms with E-state index in [1.165, 1.54) is 0 Å². The highest BCUT2D eigenvalue weighted by Gasteiger charge is 2.10. The summed E-state index contributed by atoms with van der Waals surface area (Å²) in [6, 6.07) is 14.0.